The molecule has 60 valence electrons. The molecule has 0 atom stereocenters. The van der Waals surface area contributed by atoms with Gasteiger partial charge in [0.25, 0.3) is 5.91 Å². The topological polar surface area (TPSA) is 44.7 Å². The summed E-state index contributed by atoms with van der Waals surface area (Å²) in [7, 11) is 3.73. The van der Waals surface area contributed by atoms with Crippen LogP contribution >= 0.6 is 0 Å². The van der Waals surface area contributed by atoms with E-state index in [4.69, 9.17) is 0 Å². The van der Waals surface area contributed by atoms with Crippen LogP contribution in [0.2, 0.25) is 0 Å². The summed E-state index contributed by atoms with van der Waals surface area (Å²) in [5.41, 5.74) is 3.75. The van der Waals surface area contributed by atoms with Crippen molar-refractivity contribution in [3.8, 4) is 0 Å². The third-order valence-corrected chi connectivity index (χ3v) is 1.35. The molecule has 4 heteroatoms. The molecule has 0 spiro atoms. The van der Waals surface area contributed by atoms with Crippen molar-refractivity contribution in [3.63, 3.8) is 0 Å². The van der Waals surface area contributed by atoms with Crippen molar-refractivity contribution in [1.82, 2.24) is 10.3 Å². The molecule has 4 nitrogen and oxygen atoms in total. The zero-order valence-corrected chi connectivity index (χ0v) is 6.88. The van der Waals surface area contributed by atoms with Gasteiger partial charge >= 0.3 is 0 Å². The van der Waals surface area contributed by atoms with Crippen molar-refractivity contribution in [1.29, 1.82) is 0 Å². The number of nitrogens with one attached hydrogen (secondary N) is 1. The molecule has 11 heavy (non-hydrogen) atoms. The summed E-state index contributed by atoms with van der Waals surface area (Å²) in [5, 5.41) is 3.77. The normalized spacial score (nSPS) is 20.1. The van der Waals surface area contributed by atoms with Gasteiger partial charge in [0, 0.05) is 20.3 Å². The molecule has 0 aromatic heterocycles. The summed E-state index contributed by atoms with van der Waals surface area (Å²) >= 11 is 0. The van der Waals surface area contributed by atoms with Crippen LogP contribution < -0.4 is 5.43 Å². The number of nitrogens with zero attached hydrogens (tertiary/aromatic N) is 2. The molecule has 1 aliphatic rings. The van der Waals surface area contributed by atoms with Crippen LogP contribution in [0.5, 0.6) is 0 Å². The van der Waals surface area contributed by atoms with Crippen molar-refractivity contribution in [2.75, 3.05) is 14.1 Å². The van der Waals surface area contributed by atoms with Crippen LogP contribution in [0.15, 0.2) is 16.9 Å². The number of carbonyl (C=O) groups excluding carboxylic acids is 1. The molecule has 0 aliphatic carbocycles. The predicted octanol–water partition coefficient (Wildman–Crippen LogP) is -0.0624. The maximum atomic E-state index is 11.0. The van der Waals surface area contributed by atoms with Crippen LogP contribution in [0.4, 0.5) is 0 Å². The molecular formula is C7H11N3O. The van der Waals surface area contributed by atoms with Gasteiger partial charge in [0.1, 0.15) is 0 Å². The van der Waals surface area contributed by atoms with E-state index in [1.165, 1.54) is 0 Å². The molecule has 0 aromatic rings. The van der Waals surface area contributed by atoms with Crippen LogP contribution in [-0.4, -0.2) is 30.6 Å². The Morgan fingerprint density at radius 3 is 2.55 bits per heavy atom. The van der Waals surface area contributed by atoms with E-state index < -0.39 is 0 Å². The zero-order valence-electron chi connectivity index (χ0n) is 6.88. The van der Waals surface area contributed by atoms with Crippen LogP contribution in [0, 0.1) is 0 Å². The summed E-state index contributed by atoms with van der Waals surface area (Å²) in [6, 6.07) is 0. The molecule has 1 rings (SSSR count). The Morgan fingerprint density at radius 2 is 2.18 bits per heavy atom. The Balaban J connectivity index is 2.86. The molecule has 1 aliphatic heterocycles. The minimum atomic E-state index is -0.129. The summed E-state index contributed by atoms with van der Waals surface area (Å²) < 4.78 is 0. The van der Waals surface area contributed by atoms with Crippen LogP contribution in [0.3, 0.4) is 0 Å². The van der Waals surface area contributed by atoms with Gasteiger partial charge in [-0.25, -0.2) is 5.43 Å². The number of carbonyl (C=O) groups is 1. The van der Waals surface area contributed by atoms with E-state index in [1.54, 1.807) is 13.1 Å². The summed E-state index contributed by atoms with van der Waals surface area (Å²) in [4.78, 5) is 12.8. The minimum Gasteiger partial charge on any atom is -0.383 e. The predicted molar refractivity (Wildman–Crippen MR) is 43.0 cm³/mol. The van der Waals surface area contributed by atoms with Gasteiger partial charge in [-0.3, -0.25) is 4.79 Å². The fourth-order valence-corrected chi connectivity index (χ4v) is 0.830. The number of amides is 1. The molecular weight excluding hydrogens is 142 g/mol. The van der Waals surface area contributed by atoms with Gasteiger partial charge in [0.05, 0.1) is 11.3 Å². The fraction of sp³-hybridized carbons (Fsp3) is 0.429. The Morgan fingerprint density at radius 1 is 1.55 bits per heavy atom. The lowest BCUT2D eigenvalue weighted by Gasteiger charge is -2.04. The van der Waals surface area contributed by atoms with Crippen molar-refractivity contribution in [2.24, 2.45) is 5.10 Å². The molecule has 1 heterocycles. The van der Waals surface area contributed by atoms with E-state index in [0.717, 1.165) is 5.71 Å². The Bertz CT molecular complexity index is 240. The highest BCUT2D eigenvalue weighted by atomic mass is 16.2. The smallest absolute Gasteiger partial charge is 0.274 e. The monoisotopic (exact) mass is 153 g/mol. The first-order valence-corrected chi connectivity index (χ1v) is 3.34. The molecule has 0 saturated heterocycles. The third kappa shape index (κ3) is 1.58. The maximum Gasteiger partial charge on any atom is 0.274 e. The Hall–Kier alpha value is -1.32. The second-order valence-corrected chi connectivity index (χ2v) is 2.64. The molecule has 0 fully saturated rings. The number of hydrogen-bond donors (Lipinski definition) is 1. The summed E-state index contributed by atoms with van der Waals surface area (Å²) in [6.45, 7) is 1.80. The third-order valence-electron chi connectivity index (χ3n) is 1.35. The minimum absolute atomic E-state index is 0.129. The van der Waals surface area contributed by atoms with Gasteiger partial charge in [-0.15, -0.1) is 0 Å². The highest BCUT2D eigenvalue weighted by Gasteiger charge is 2.18. The molecule has 0 bridgehead atoms. The molecule has 0 aromatic carbocycles. The van der Waals surface area contributed by atoms with E-state index in [0.29, 0.717) is 5.57 Å². The summed E-state index contributed by atoms with van der Waals surface area (Å²) in [5.74, 6) is -0.129. The largest absolute Gasteiger partial charge is 0.383 e. The van der Waals surface area contributed by atoms with E-state index in [9.17, 15) is 4.79 Å². The lowest BCUT2D eigenvalue weighted by Crippen LogP contribution is -2.15. The first-order chi connectivity index (χ1) is 5.11. The van der Waals surface area contributed by atoms with Crippen molar-refractivity contribution < 1.29 is 4.79 Å². The van der Waals surface area contributed by atoms with Crippen molar-refractivity contribution >= 4 is 11.6 Å². The molecule has 1 amide bonds. The number of rotatable bonds is 1. The van der Waals surface area contributed by atoms with Gasteiger partial charge in [0.15, 0.2) is 0 Å². The van der Waals surface area contributed by atoms with Gasteiger partial charge < -0.3 is 4.90 Å². The SMILES string of the molecule is CC1=NNC(=O)/C1=C/N(C)C. The molecule has 0 unspecified atom stereocenters. The average Bonchev–Trinajstić information content (AvgIpc) is 2.18. The standard InChI is InChI=1S/C7H11N3O/c1-5-6(4-10(2)3)7(11)9-8-5/h4H,1-3H3,(H,9,11)/b6-4+. The van der Waals surface area contributed by atoms with E-state index >= 15 is 0 Å². The second kappa shape index (κ2) is 2.74. The number of hydrazone groups is 1. The highest BCUT2D eigenvalue weighted by Crippen LogP contribution is 2.04. The van der Waals surface area contributed by atoms with E-state index in [1.807, 2.05) is 19.0 Å². The average molecular weight is 153 g/mol. The summed E-state index contributed by atoms with van der Waals surface area (Å²) in [6.07, 6.45) is 1.75. The molecule has 0 radical (unpaired) electrons. The lowest BCUT2D eigenvalue weighted by atomic mass is 10.2. The van der Waals surface area contributed by atoms with E-state index in [2.05, 4.69) is 10.5 Å². The van der Waals surface area contributed by atoms with Gasteiger partial charge in [-0.1, -0.05) is 0 Å². The van der Waals surface area contributed by atoms with E-state index in [-0.39, 0.29) is 5.91 Å². The van der Waals surface area contributed by atoms with Crippen molar-refractivity contribution in [2.45, 2.75) is 6.92 Å². The maximum absolute atomic E-state index is 11.0. The first kappa shape index (κ1) is 7.78. The molecule has 1 N–H and O–H groups in total. The van der Waals surface area contributed by atoms with Crippen LogP contribution in [0.1, 0.15) is 6.92 Å². The quantitative estimate of drug-likeness (QED) is 0.536. The molecule has 0 saturated carbocycles. The lowest BCUT2D eigenvalue weighted by molar-refractivity contribution is -0.116. The van der Waals surface area contributed by atoms with Crippen molar-refractivity contribution in [3.05, 3.63) is 11.8 Å². The second-order valence-electron chi connectivity index (χ2n) is 2.64. The van der Waals surface area contributed by atoms with Gasteiger partial charge in [-0.05, 0) is 6.92 Å². The Kier molecular flexibility index (Phi) is 1.94. The fourth-order valence-electron chi connectivity index (χ4n) is 0.830. The zero-order chi connectivity index (χ0) is 8.43. The Labute approximate surface area is 65.6 Å². The first-order valence-electron chi connectivity index (χ1n) is 3.34. The van der Waals surface area contributed by atoms with Gasteiger partial charge in [0.2, 0.25) is 0 Å². The highest BCUT2D eigenvalue weighted by molar-refractivity contribution is 6.23. The van der Waals surface area contributed by atoms with Gasteiger partial charge in [-0.2, -0.15) is 5.10 Å². The van der Waals surface area contributed by atoms with Crippen LogP contribution in [-0.2, 0) is 4.79 Å². The van der Waals surface area contributed by atoms with Crippen LogP contribution in [0.25, 0.3) is 0 Å². The number of hydrogen-bond acceptors (Lipinski definition) is 3.